The monoisotopic (exact) mass is 191 g/mol. The van der Waals surface area contributed by atoms with Crippen LogP contribution in [0.5, 0.6) is 0 Å². The Morgan fingerprint density at radius 2 is 2.36 bits per heavy atom. The summed E-state index contributed by atoms with van der Waals surface area (Å²) in [5.41, 5.74) is 1.17. The highest BCUT2D eigenvalue weighted by atomic mass is 15.3. The lowest BCUT2D eigenvalue weighted by molar-refractivity contribution is 0.781. The topological polar surface area (TPSA) is 30.7 Å². The van der Waals surface area contributed by atoms with Crippen LogP contribution in [-0.4, -0.2) is 14.8 Å². The molecule has 0 aliphatic heterocycles. The molecule has 1 aromatic rings. The van der Waals surface area contributed by atoms with E-state index in [9.17, 15) is 0 Å². The Morgan fingerprint density at radius 1 is 1.57 bits per heavy atom. The maximum Gasteiger partial charge on any atom is 0.138 e. The van der Waals surface area contributed by atoms with E-state index in [4.69, 9.17) is 0 Å². The maximum atomic E-state index is 4.20. The van der Waals surface area contributed by atoms with Gasteiger partial charge in [-0.3, -0.25) is 0 Å². The fourth-order valence-electron chi connectivity index (χ4n) is 1.23. The van der Waals surface area contributed by atoms with Gasteiger partial charge >= 0.3 is 0 Å². The minimum Gasteiger partial charge on any atom is -0.225 e. The number of nitrogens with zero attached hydrogens (tertiary/aromatic N) is 3. The number of hydrogen-bond acceptors (Lipinski definition) is 2. The van der Waals surface area contributed by atoms with Gasteiger partial charge in [-0.2, -0.15) is 5.10 Å². The predicted molar refractivity (Wildman–Crippen MR) is 58.8 cm³/mol. The normalized spacial score (nSPS) is 11.7. The molecule has 0 bridgehead atoms. The summed E-state index contributed by atoms with van der Waals surface area (Å²) >= 11 is 0. The molecular weight excluding hydrogens is 174 g/mol. The molecule has 0 aliphatic rings. The second-order valence-corrected chi connectivity index (χ2v) is 3.13. The number of rotatable bonds is 5. The minimum absolute atomic E-state index is 0.963. The lowest BCUT2D eigenvalue weighted by Gasteiger charge is -2.01. The summed E-state index contributed by atoms with van der Waals surface area (Å²) in [6.07, 6.45) is 8.46. The van der Waals surface area contributed by atoms with Crippen molar-refractivity contribution >= 4 is 6.20 Å². The standard InChI is InChI=1S/C11H17N3/c1-4-7-11-12-9-13-14(11)8-10(5-2)6-3/h5,8-9H,2,4,6-7H2,1,3H3. The van der Waals surface area contributed by atoms with E-state index in [2.05, 4.69) is 30.5 Å². The van der Waals surface area contributed by atoms with Crippen LogP contribution in [0.3, 0.4) is 0 Å². The highest BCUT2D eigenvalue weighted by molar-refractivity contribution is 5.36. The quantitative estimate of drug-likeness (QED) is 0.670. The lowest BCUT2D eigenvalue weighted by atomic mass is 10.2. The zero-order valence-corrected chi connectivity index (χ0v) is 8.90. The van der Waals surface area contributed by atoms with Crippen molar-refractivity contribution < 1.29 is 0 Å². The average Bonchev–Trinajstić information content (AvgIpc) is 2.62. The second-order valence-electron chi connectivity index (χ2n) is 3.13. The Kier molecular flexibility index (Phi) is 4.11. The van der Waals surface area contributed by atoms with Crippen LogP contribution in [0.15, 0.2) is 24.6 Å². The lowest BCUT2D eigenvalue weighted by Crippen LogP contribution is -1.98. The van der Waals surface area contributed by atoms with E-state index in [1.807, 2.05) is 17.0 Å². The van der Waals surface area contributed by atoms with Gasteiger partial charge in [0, 0.05) is 12.6 Å². The molecule has 14 heavy (non-hydrogen) atoms. The first-order chi connectivity index (χ1) is 6.81. The maximum absolute atomic E-state index is 4.20. The van der Waals surface area contributed by atoms with E-state index in [0.29, 0.717) is 0 Å². The fourth-order valence-corrected chi connectivity index (χ4v) is 1.23. The van der Waals surface area contributed by atoms with Crippen molar-refractivity contribution in [1.29, 1.82) is 0 Å². The van der Waals surface area contributed by atoms with E-state index >= 15 is 0 Å². The molecular formula is C11H17N3. The zero-order chi connectivity index (χ0) is 10.4. The van der Waals surface area contributed by atoms with Gasteiger partial charge in [-0.15, -0.1) is 0 Å². The molecule has 0 saturated heterocycles. The fraction of sp³-hybridized carbons (Fsp3) is 0.455. The first-order valence-electron chi connectivity index (χ1n) is 5.03. The van der Waals surface area contributed by atoms with Gasteiger partial charge in [0.15, 0.2) is 0 Å². The molecule has 1 rings (SSSR count). The molecule has 1 aromatic heterocycles. The highest BCUT2D eigenvalue weighted by Gasteiger charge is 2.00. The van der Waals surface area contributed by atoms with Crippen LogP contribution < -0.4 is 0 Å². The van der Waals surface area contributed by atoms with Gasteiger partial charge in [-0.1, -0.05) is 26.5 Å². The third-order valence-electron chi connectivity index (χ3n) is 2.08. The van der Waals surface area contributed by atoms with E-state index < -0.39 is 0 Å². The Hall–Kier alpha value is -1.38. The molecule has 3 heteroatoms. The van der Waals surface area contributed by atoms with Gasteiger partial charge in [0.2, 0.25) is 0 Å². The van der Waals surface area contributed by atoms with Crippen molar-refractivity contribution in [2.45, 2.75) is 33.1 Å². The molecule has 3 nitrogen and oxygen atoms in total. The molecule has 76 valence electrons. The van der Waals surface area contributed by atoms with E-state index in [0.717, 1.165) is 25.1 Å². The first-order valence-corrected chi connectivity index (χ1v) is 5.03. The largest absolute Gasteiger partial charge is 0.225 e. The van der Waals surface area contributed by atoms with Gasteiger partial charge in [-0.25, -0.2) is 9.67 Å². The Bertz CT molecular complexity index is 323. The minimum atomic E-state index is 0.963. The summed E-state index contributed by atoms with van der Waals surface area (Å²) in [6.45, 7) is 8.00. The molecule has 0 saturated carbocycles. The van der Waals surface area contributed by atoms with Gasteiger partial charge in [-0.05, 0) is 18.4 Å². The van der Waals surface area contributed by atoms with Crippen LogP contribution >= 0.6 is 0 Å². The summed E-state index contributed by atoms with van der Waals surface area (Å²) < 4.78 is 1.84. The summed E-state index contributed by atoms with van der Waals surface area (Å²) in [4.78, 5) is 4.20. The van der Waals surface area contributed by atoms with Gasteiger partial charge in [0.05, 0.1) is 0 Å². The van der Waals surface area contributed by atoms with Crippen LogP contribution in [0.1, 0.15) is 32.5 Å². The van der Waals surface area contributed by atoms with Crippen molar-refractivity contribution in [3.05, 3.63) is 30.4 Å². The van der Waals surface area contributed by atoms with Crippen molar-refractivity contribution in [2.75, 3.05) is 0 Å². The Balaban J connectivity index is 2.89. The van der Waals surface area contributed by atoms with E-state index in [1.165, 1.54) is 5.57 Å². The molecule has 0 radical (unpaired) electrons. The van der Waals surface area contributed by atoms with Crippen LogP contribution in [-0.2, 0) is 6.42 Å². The molecule has 0 fully saturated rings. The molecule has 1 heterocycles. The summed E-state index contributed by atoms with van der Waals surface area (Å²) in [5.74, 6) is 1.01. The number of aryl methyl sites for hydroxylation is 1. The van der Waals surface area contributed by atoms with Gasteiger partial charge < -0.3 is 0 Å². The van der Waals surface area contributed by atoms with E-state index in [-0.39, 0.29) is 0 Å². The molecule has 0 N–H and O–H groups in total. The second kappa shape index (κ2) is 5.37. The molecule has 0 atom stereocenters. The Morgan fingerprint density at radius 3 is 2.93 bits per heavy atom. The number of aromatic nitrogens is 3. The molecule has 0 aliphatic carbocycles. The Labute approximate surface area is 85.2 Å². The van der Waals surface area contributed by atoms with Crippen LogP contribution in [0, 0.1) is 0 Å². The predicted octanol–water partition coefficient (Wildman–Crippen LogP) is 2.67. The molecule has 0 unspecified atom stereocenters. The van der Waals surface area contributed by atoms with Crippen LogP contribution in [0.2, 0.25) is 0 Å². The summed E-state index contributed by atoms with van der Waals surface area (Å²) in [7, 11) is 0. The van der Waals surface area contributed by atoms with Crippen molar-refractivity contribution in [1.82, 2.24) is 14.8 Å². The van der Waals surface area contributed by atoms with Crippen molar-refractivity contribution in [2.24, 2.45) is 0 Å². The third-order valence-corrected chi connectivity index (χ3v) is 2.08. The highest BCUT2D eigenvalue weighted by Crippen LogP contribution is 2.06. The summed E-state index contributed by atoms with van der Waals surface area (Å²) in [5, 5.41) is 4.15. The van der Waals surface area contributed by atoms with Gasteiger partial charge in [0.25, 0.3) is 0 Å². The first kappa shape index (κ1) is 10.7. The van der Waals surface area contributed by atoms with Crippen LogP contribution in [0.4, 0.5) is 0 Å². The SMILES string of the molecule is C=CC(=Cn1ncnc1CCC)CC. The number of hydrogen-bond donors (Lipinski definition) is 0. The van der Waals surface area contributed by atoms with Crippen molar-refractivity contribution in [3.8, 4) is 0 Å². The van der Waals surface area contributed by atoms with Crippen molar-refractivity contribution in [3.63, 3.8) is 0 Å². The van der Waals surface area contributed by atoms with Crippen LogP contribution in [0.25, 0.3) is 6.20 Å². The average molecular weight is 191 g/mol. The number of allylic oxidation sites excluding steroid dienone is 2. The molecule has 0 amide bonds. The molecule has 0 spiro atoms. The molecule has 0 aromatic carbocycles. The summed E-state index contributed by atoms with van der Waals surface area (Å²) in [6, 6.07) is 0. The zero-order valence-electron chi connectivity index (χ0n) is 8.90. The third kappa shape index (κ3) is 2.55. The smallest absolute Gasteiger partial charge is 0.138 e. The van der Waals surface area contributed by atoms with E-state index in [1.54, 1.807) is 6.33 Å². The van der Waals surface area contributed by atoms with Gasteiger partial charge in [0.1, 0.15) is 12.2 Å².